The van der Waals surface area contributed by atoms with E-state index in [0.717, 1.165) is 12.1 Å². The third-order valence-corrected chi connectivity index (χ3v) is 2.91. The first-order valence-corrected chi connectivity index (χ1v) is 6.55. The molecule has 0 aliphatic rings. The molecule has 0 bridgehead atoms. The van der Waals surface area contributed by atoms with Gasteiger partial charge in [0.1, 0.15) is 0 Å². The SMILES string of the molecule is CCn1cc(NC(=O)NCc2ccc(OC)c(O)c2)cn1. The van der Waals surface area contributed by atoms with Gasteiger partial charge in [0.25, 0.3) is 0 Å². The first-order valence-electron chi connectivity index (χ1n) is 6.55. The average Bonchev–Trinajstić information content (AvgIpc) is 2.93. The summed E-state index contributed by atoms with van der Waals surface area (Å²) >= 11 is 0. The van der Waals surface area contributed by atoms with Gasteiger partial charge in [-0.3, -0.25) is 4.68 Å². The highest BCUT2D eigenvalue weighted by atomic mass is 16.5. The van der Waals surface area contributed by atoms with Crippen LogP contribution in [0.15, 0.2) is 30.6 Å². The van der Waals surface area contributed by atoms with Crippen molar-refractivity contribution in [3.63, 3.8) is 0 Å². The number of carbonyl (C=O) groups is 1. The van der Waals surface area contributed by atoms with E-state index < -0.39 is 0 Å². The van der Waals surface area contributed by atoms with Crippen LogP contribution < -0.4 is 15.4 Å². The third-order valence-electron chi connectivity index (χ3n) is 2.91. The number of amides is 2. The number of phenolic OH excluding ortho intramolecular Hbond substituents is 1. The van der Waals surface area contributed by atoms with Crippen LogP contribution in [0, 0.1) is 0 Å². The Bertz CT molecular complexity index is 624. The summed E-state index contributed by atoms with van der Waals surface area (Å²) in [5.74, 6) is 0.441. The van der Waals surface area contributed by atoms with E-state index in [1.165, 1.54) is 7.11 Å². The Balaban J connectivity index is 1.87. The van der Waals surface area contributed by atoms with E-state index in [4.69, 9.17) is 4.74 Å². The number of phenols is 1. The second kappa shape index (κ2) is 6.65. The van der Waals surface area contributed by atoms with Crippen molar-refractivity contribution in [1.29, 1.82) is 0 Å². The number of anilines is 1. The second-order valence-electron chi connectivity index (χ2n) is 4.40. The Morgan fingerprint density at radius 1 is 1.48 bits per heavy atom. The number of rotatable bonds is 5. The van der Waals surface area contributed by atoms with Crippen LogP contribution in [-0.4, -0.2) is 28.0 Å². The number of urea groups is 1. The molecule has 2 aromatic rings. The first kappa shape index (κ1) is 14.7. The molecule has 0 fully saturated rings. The summed E-state index contributed by atoms with van der Waals surface area (Å²) in [4.78, 5) is 11.7. The number of methoxy groups -OCH3 is 1. The van der Waals surface area contributed by atoms with Gasteiger partial charge in [0.05, 0.1) is 19.0 Å². The molecule has 2 rings (SSSR count). The number of hydrogen-bond donors (Lipinski definition) is 3. The minimum atomic E-state index is -0.332. The fraction of sp³-hybridized carbons (Fsp3) is 0.286. The summed E-state index contributed by atoms with van der Waals surface area (Å²) in [6, 6.07) is 4.64. The lowest BCUT2D eigenvalue weighted by molar-refractivity contribution is 0.251. The molecule has 7 heteroatoms. The lowest BCUT2D eigenvalue weighted by atomic mass is 10.2. The van der Waals surface area contributed by atoms with E-state index in [2.05, 4.69) is 15.7 Å². The van der Waals surface area contributed by atoms with Crippen molar-refractivity contribution in [1.82, 2.24) is 15.1 Å². The van der Waals surface area contributed by atoms with Crippen LogP contribution in [0.3, 0.4) is 0 Å². The zero-order valence-electron chi connectivity index (χ0n) is 12.0. The fourth-order valence-corrected chi connectivity index (χ4v) is 1.80. The Labute approximate surface area is 122 Å². The molecule has 0 radical (unpaired) electrons. The molecule has 1 heterocycles. The van der Waals surface area contributed by atoms with Gasteiger partial charge in [-0.05, 0) is 24.6 Å². The van der Waals surface area contributed by atoms with E-state index in [-0.39, 0.29) is 11.8 Å². The van der Waals surface area contributed by atoms with Crippen LogP contribution in [0.1, 0.15) is 12.5 Å². The van der Waals surface area contributed by atoms with Crippen molar-refractivity contribution in [3.8, 4) is 11.5 Å². The molecule has 0 saturated heterocycles. The van der Waals surface area contributed by atoms with Crippen molar-refractivity contribution >= 4 is 11.7 Å². The van der Waals surface area contributed by atoms with Crippen molar-refractivity contribution < 1.29 is 14.6 Å². The summed E-state index contributed by atoms with van der Waals surface area (Å²) in [6.45, 7) is 3.01. The minimum Gasteiger partial charge on any atom is -0.504 e. The molecule has 2 amide bonds. The van der Waals surface area contributed by atoms with E-state index >= 15 is 0 Å². The quantitative estimate of drug-likeness (QED) is 0.785. The molecule has 0 spiro atoms. The van der Waals surface area contributed by atoms with Gasteiger partial charge in [0.2, 0.25) is 0 Å². The van der Waals surface area contributed by atoms with Crippen LogP contribution in [0.4, 0.5) is 10.5 Å². The highest BCUT2D eigenvalue weighted by Crippen LogP contribution is 2.26. The van der Waals surface area contributed by atoms with Crippen molar-refractivity contribution in [3.05, 3.63) is 36.2 Å². The highest BCUT2D eigenvalue weighted by Gasteiger charge is 2.06. The van der Waals surface area contributed by atoms with Crippen LogP contribution in [0.25, 0.3) is 0 Å². The van der Waals surface area contributed by atoms with E-state index in [1.54, 1.807) is 35.3 Å². The van der Waals surface area contributed by atoms with Gasteiger partial charge in [-0.25, -0.2) is 4.79 Å². The van der Waals surface area contributed by atoms with Crippen LogP contribution in [-0.2, 0) is 13.1 Å². The number of carbonyl (C=O) groups excluding carboxylic acids is 1. The van der Waals surface area contributed by atoms with Gasteiger partial charge in [-0.1, -0.05) is 6.07 Å². The maximum Gasteiger partial charge on any atom is 0.319 e. The van der Waals surface area contributed by atoms with E-state index in [1.807, 2.05) is 6.92 Å². The molecular weight excluding hydrogens is 272 g/mol. The molecule has 0 aliphatic heterocycles. The number of aromatic nitrogens is 2. The van der Waals surface area contributed by atoms with E-state index in [9.17, 15) is 9.90 Å². The molecule has 3 N–H and O–H groups in total. The molecule has 7 nitrogen and oxygen atoms in total. The van der Waals surface area contributed by atoms with Gasteiger partial charge in [0.15, 0.2) is 11.5 Å². The largest absolute Gasteiger partial charge is 0.504 e. The number of hydrogen-bond acceptors (Lipinski definition) is 4. The molecule has 1 aromatic heterocycles. The Kier molecular flexibility index (Phi) is 4.65. The average molecular weight is 290 g/mol. The fourth-order valence-electron chi connectivity index (χ4n) is 1.80. The summed E-state index contributed by atoms with van der Waals surface area (Å²) in [6.07, 6.45) is 3.33. The zero-order valence-corrected chi connectivity index (χ0v) is 12.0. The van der Waals surface area contributed by atoms with Crippen molar-refractivity contribution in [2.45, 2.75) is 20.0 Å². The first-order chi connectivity index (χ1) is 10.1. The Morgan fingerprint density at radius 2 is 2.29 bits per heavy atom. The lowest BCUT2D eigenvalue weighted by Gasteiger charge is -2.08. The molecule has 112 valence electrons. The van der Waals surface area contributed by atoms with Crippen LogP contribution in [0.2, 0.25) is 0 Å². The standard InChI is InChI=1S/C14H18N4O3/c1-3-18-9-11(8-16-18)17-14(20)15-7-10-4-5-13(21-2)12(19)6-10/h4-6,8-9,19H,3,7H2,1-2H3,(H2,15,17,20). The van der Waals surface area contributed by atoms with Gasteiger partial charge < -0.3 is 20.5 Å². The summed E-state index contributed by atoms with van der Waals surface area (Å²) in [5.41, 5.74) is 1.40. The maximum absolute atomic E-state index is 11.7. The number of nitrogens with zero attached hydrogens (tertiary/aromatic N) is 2. The van der Waals surface area contributed by atoms with Crippen LogP contribution >= 0.6 is 0 Å². The molecule has 0 unspecified atom stereocenters. The minimum absolute atomic E-state index is 0.0430. The normalized spacial score (nSPS) is 10.2. The third kappa shape index (κ3) is 3.88. The Hall–Kier alpha value is -2.70. The predicted octanol–water partition coefficient (Wildman–Crippen LogP) is 1.94. The van der Waals surface area contributed by atoms with Crippen molar-refractivity contribution in [2.75, 3.05) is 12.4 Å². The number of benzene rings is 1. The van der Waals surface area contributed by atoms with E-state index in [0.29, 0.717) is 18.0 Å². The van der Waals surface area contributed by atoms with Crippen molar-refractivity contribution in [2.24, 2.45) is 0 Å². The summed E-state index contributed by atoms with van der Waals surface area (Å²) < 4.78 is 6.68. The van der Waals surface area contributed by atoms with Gasteiger partial charge in [-0.2, -0.15) is 5.10 Å². The number of aromatic hydroxyl groups is 1. The molecule has 21 heavy (non-hydrogen) atoms. The summed E-state index contributed by atoms with van der Waals surface area (Å²) in [5, 5.41) is 19.1. The van der Waals surface area contributed by atoms with Gasteiger partial charge in [-0.15, -0.1) is 0 Å². The molecule has 0 atom stereocenters. The number of ether oxygens (including phenoxy) is 1. The topological polar surface area (TPSA) is 88.4 Å². The highest BCUT2D eigenvalue weighted by molar-refractivity contribution is 5.88. The zero-order chi connectivity index (χ0) is 15.2. The number of aryl methyl sites for hydroxylation is 1. The van der Waals surface area contributed by atoms with Gasteiger partial charge in [0, 0.05) is 19.3 Å². The predicted molar refractivity (Wildman–Crippen MR) is 78.4 cm³/mol. The molecule has 0 saturated carbocycles. The molecule has 1 aromatic carbocycles. The number of nitrogens with one attached hydrogen (secondary N) is 2. The monoisotopic (exact) mass is 290 g/mol. The maximum atomic E-state index is 11.7. The molecular formula is C14H18N4O3. The second-order valence-corrected chi connectivity index (χ2v) is 4.40. The Morgan fingerprint density at radius 3 is 2.90 bits per heavy atom. The van der Waals surface area contributed by atoms with Gasteiger partial charge >= 0.3 is 6.03 Å². The summed E-state index contributed by atoms with van der Waals surface area (Å²) in [7, 11) is 1.48. The lowest BCUT2D eigenvalue weighted by Crippen LogP contribution is -2.28. The smallest absolute Gasteiger partial charge is 0.319 e. The van der Waals surface area contributed by atoms with Crippen LogP contribution in [0.5, 0.6) is 11.5 Å². The molecule has 0 aliphatic carbocycles.